The van der Waals surface area contributed by atoms with E-state index in [1.54, 1.807) is 56.6 Å². The SMILES string of the molecule is COC(=O)[C@H](CNC(=O)c1ccc2c(cnn2CCCNc2ncc[n]2[Tl])c1)NS(=O)(=O)c1c(C)cc(OCCCC(=O)NCCCOCCOCCOCCCNC(=O)OCc2ccccc2)cc1C. The topological polar surface area (TPSA) is 254 Å². The first-order valence-electron chi connectivity index (χ1n) is 23.4. The van der Waals surface area contributed by atoms with Crippen LogP contribution in [0.3, 0.4) is 0 Å². The second-order valence-corrected chi connectivity index (χ2v) is 20.0. The van der Waals surface area contributed by atoms with E-state index in [0.29, 0.717) is 127 Å². The smallest absolute Gasteiger partial charge is 0.407 e. The normalized spacial score (nSPS) is 11.7. The largest absolute Gasteiger partial charge is 0.494 e. The standard InChI is InChI=1S/C48H65N9O12S.Tl/c1-35-29-40(68-24-7-13-43(58)49-17-9-22-65-25-27-67-28-26-66-23-10-18-53-48(61)69-34-37-11-5-4-6-12-37)30-36(2)44(35)70(62,63)56-41(46(60)64-3)33-54-45(59)38-14-15-42-39(31-38)32-55-57(42)21-8-16-50-47-51-19-20-52-47;/h4-6,11-12,14-15,19-20,29-32,41,56H,7-10,13,16-18,21-28,33-34H2,1-3H3,(H5,49,50,51,52,53,54,58,59,61);/q;+1/p-1/t41-;/m0./s1. The Morgan fingerprint density at radius 1 is 0.789 bits per heavy atom. The summed E-state index contributed by atoms with van der Waals surface area (Å²) in [5.41, 5.74) is 2.84. The molecule has 0 spiro atoms. The van der Waals surface area contributed by atoms with Gasteiger partial charge in [0.25, 0.3) is 0 Å². The number of benzene rings is 3. The number of rotatable bonds is 33. The summed E-state index contributed by atoms with van der Waals surface area (Å²) in [5, 5.41) is 16.8. The Morgan fingerprint density at radius 2 is 1.48 bits per heavy atom. The molecule has 0 saturated heterocycles. The zero-order valence-electron chi connectivity index (χ0n) is 40.5. The van der Waals surface area contributed by atoms with Crippen LogP contribution in [-0.2, 0) is 56.4 Å². The number of ether oxygens (including phenoxy) is 6. The zero-order chi connectivity index (χ0) is 50.9. The van der Waals surface area contributed by atoms with Crippen molar-refractivity contribution in [1.29, 1.82) is 0 Å². The van der Waals surface area contributed by atoms with Gasteiger partial charge in [-0.1, -0.05) is 30.3 Å². The van der Waals surface area contributed by atoms with Crippen LogP contribution in [0.15, 0.2) is 84.1 Å². The van der Waals surface area contributed by atoms with Gasteiger partial charge in [-0.15, -0.1) is 0 Å². The molecule has 0 radical (unpaired) electrons. The van der Waals surface area contributed by atoms with Crippen LogP contribution < -0.4 is 30.7 Å². The molecule has 5 rings (SSSR count). The molecule has 1 atom stereocenters. The molecule has 2 aromatic heterocycles. The Kier molecular flexibility index (Phi) is 24.0. The predicted molar refractivity (Wildman–Crippen MR) is 265 cm³/mol. The molecule has 382 valence electrons. The van der Waals surface area contributed by atoms with Crippen LogP contribution in [0.1, 0.15) is 59.2 Å². The summed E-state index contributed by atoms with van der Waals surface area (Å²) in [6.07, 6.45) is 7.68. The van der Waals surface area contributed by atoms with Crippen molar-refractivity contribution in [1.82, 2.24) is 37.8 Å². The second kappa shape index (κ2) is 30.3. The number of nitrogens with one attached hydrogen (secondary N) is 5. The summed E-state index contributed by atoms with van der Waals surface area (Å²) in [6, 6.07) is 16.3. The number of methoxy groups -OCH3 is 1. The molecule has 5 N–H and O–H groups in total. The van der Waals surface area contributed by atoms with E-state index in [9.17, 15) is 27.6 Å². The molecule has 0 fully saturated rings. The molecule has 71 heavy (non-hydrogen) atoms. The molecule has 5 aromatic rings. The molecular formula is C48H64N9O12STl. The minimum atomic E-state index is -4.29. The molecule has 2 heterocycles. The van der Waals surface area contributed by atoms with Gasteiger partial charge in [0.15, 0.2) is 0 Å². The van der Waals surface area contributed by atoms with Crippen LogP contribution in [0.4, 0.5) is 10.7 Å². The van der Waals surface area contributed by atoms with E-state index in [1.165, 1.54) is 0 Å². The molecule has 0 aliphatic heterocycles. The molecule has 0 saturated carbocycles. The maximum atomic E-state index is 13.7. The van der Waals surface area contributed by atoms with Crippen LogP contribution in [0.2, 0.25) is 0 Å². The third-order valence-electron chi connectivity index (χ3n) is 10.7. The van der Waals surface area contributed by atoms with E-state index in [-0.39, 0.29) is 37.0 Å². The number of aromatic nitrogens is 4. The van der Waals surface area contributed by atoms with E-state index in [2.05, 4.69) is 38.4 Å². The Labute approximate surface area is 430 Å². The van der Waals surface area contributed by atoms with Gasteiger partial charge in [0, 0.05) is 39.3 Å². The first-order valence-corrected chi connectivity index (χ1v) is 26.9. The zero-order valence-corrected chi connectivity index (χ0v) is 45.8. The maximum Gasteiger partial charge on any atom is 0.407 e. The summed E-state index contributed by atoms with van der Waals surface area (Å²) in [5.74, 6) is -0.233. The van der Waals surface area contributed by atoms with Gasteiger partial charge < -0.3 is 44.4 Å². The van der Waals surface area contributed by atoms with Crippen molar-refractivity contribution in [3.8, 4) is 5.75 Å². The summed E-state index contributed by atoms with van der Waals surface area (Å²) >= 11 is 0.621. The number of carbonyl (C=O) groups is 4. The number of sulfonamides is 1. The third-order valence-corrected chi connectivity index (χ3v) is 14.0. The number of anilines is 1. The molecule has 3 aromatic carbocycles. The average molecular weight is 1200 g/mol. The van der Waals surface area contributed by atoms with Gasteiger partial charge in [-0.3, -0.25) is 14.4 Å². The van der Waals surface area contributed by atoms with Crippen molar-refractivity contribution in [2.75, 3.05) is 84.9 Å². The van der Waals surface area contributed by atoms with Crippen molar-refractivity contribution in [3.63, 3.8) is 0 Å². The van der Waals surface area contributed by atoms with E-state index in [1.807, 2.05) is 41.2 Å². The Bertz CT molecular complexity index is 2560. The van der Waals surface area contributed by atoms with Crippen LogP contribution >= 0.6 is 0 Å². The van der Waals surface area contributed by atoms with Crippen LogP contribution in [-0.4, -0.2) is 161 Å². The second-order valence-electron chi connectivity index (χ2n) is 16.2. The van der Waals surface area contributed by atoms with Crippen molar-refractivity contribution >= 4 is 76.8 Å². The first-order chi connectivity index (χ1) is 34.3. The molecule has 23 heteroatoms. The molecule has 0 aliphatic rings. The minimum absolute atomic E-state index is 0.0407. The minimum Gasteiger partial charge on any atom is -0.494 e. The first kappa shape index (κ1) is 56.2. The quantitative estimate of drug-likeness (QED) is 0.0229. The Morgan fingerprint density at radius 3 is 2.15 bits per heavy atom. The number of hydrogen-bond donors (Lipinski definition) is 5. The number of carbonyl (C=O) groups excluding carboxylic acids is 4. The number of alkyl carbamates (subject to hydrolysis) is 1. The number of fused-ring (bicyclic) bond motifs is 1. The van der Waals surface area contributed by atoms with Crippen LogP contribution in [0.5, 0.6) is 5.75 Å². The number of aryl methyl sites for hydroxylation is 3. The van der Waals surface area contributed by atoms with Gasteiger partial charge >= 0.3 is 145 Å². The average Bonchev–Trinajstić information content (AvgIpc) is 3.97. The van der Waals surface area contributed by atoms with Crippen molar-refractivity contribution in [2.24, 2.45) is 0 Å². The van der Waals surface area contributed by atoms with E-state index >= 15 is 0 Å². The molecule has 3 amide bonds. The molecule has 0 aliphatic carbocycles. The Balaban J connectivity index is 0.911. The molecule has 21 nitrogen and oxygen atoms in total. The predicted octanol–water partition coefficient (Wildman–Crippen LogP) is 3.56. The van der Waals surface area contributed by atoms with Gasteiger partial charge in [-0.25, -0.2) is 13.2 Å². The number of amides is 3. The fourth-order valence-corrected chi connectivity index (χ4v) is 9.71. The fraction of sp³-hybridized carbons (Fsp3) is 0.458. The van der Waals surface area contributed by atoms with Gasteiger partial charge in [-0.2, -0.15) is 4.72 Å². The van der Waals surface area contributed by atoms with Crippen LogP contribution in [0.25, 0.3) is 10.9 Å². The van der Waals surface area contributed by atoms with Gasteiger partial charge in [0.05, 0.1) is 45.0 Å². The maximum absolute atomic E-state index is 13.7. The van der Waals surface area contributed by atoms with Crippen molar-refractivity contribution in [3.05, 3.63) is 102 Å². The number of imidazole rings is 1. The van der Waals surface area contributed by atoms with E-state index in [4.69, 9.17) is 28.4 Å². The van der Waals surface area contributed by atoms with Crippen molar-refractivity contribution in [2.45, 2.75) is 70.0 Å². The number of esters is 1. The van der Waals surface area contributed by atoms with E-state index in [0.717, 1.165) is 42.5 Å². The molecular weight excluding hydrogens is 1130 g/mol. The third kappa shape index (κ3) is 19.5. The number of nitrogens with zero attached hydrogens (tertiary/aromatic N) is 4. The monoisotopic (exact) mass is 1200 g/mol. The molecule has 0 unspecified atom stereocenters. The summed E-state index contributed by atoms with van der Waals surface area (Å²) in [7, 11) is -3.15. The fourth-order valence-electron chi connectivity index (χ4n) is 7.16. The van der Waals surface area contributed by atoms with Crippen LogP contribution in [0, 0.1) is 13.8 Å². The summed E-state index contributed by atoms with van der Waals surface area (Å²) in [6.45, 7) is 8.21. The molecule has 0 bridgehead atoms. The Hall–Kier alpha value is -5.67. The number of hydrogen-bond acceptors (Lipinski definition) is 15. The van der Waals surface area contributed by atoms with Gasteiger partial charge in [0.1, 0.15) is 18.4 Å². The summed E-state index contributed by atoms with van der Waals surface area (Å²) in [4.78, 5) is 54.4. The summed E-state index contributed by atoms with van der Waals surface area (Å²) < 4.78 is 66.3. The van der Waals surface area contributed by atoms with Crippen molar-refractivity contribution < 1.29 is 56.0 Å². The van der Waals surface area contributed by atoms with Gasteiger partial charge in [0.2, 0.25) is 15.9 Å². The van der Waals surface area contributed by atoms with Gasteiger partial charge in [-0.05, 0) is 61.9 Å². The van der Waals surface area contributed by atoms with E-state index < -0.39 is 34.0 Å².